The van der Waals surface area contributed by atoms with Gasteiger partial charge in [-0.2, -0.15) is 0 Å². The van der Waals surface area contributed by atoms with Crippen molar-refractivity contribution in [3.05, 3.63) is 18.2 Å². The lowest BCUT2D eigenvalue weighted by atomic mass is 9.79. The minimum atomic E-state index is 0.0681. The number of aromatic nitrogens is 2. The highest BCUT2D eigenvalue weighted by Gasteiger charge is 2.39. The molecule has 5 nitrogen and oxygen atoms in total. The summed E-state index contributed by atoms with van der Waals surface area (Å²) in [6.45, 7) is 1.74. The van der Waals surface area contributed by atoms with Gasteiger partial charge in [0.25, 0.3) is 5.91 Å². The first kappa shape index (κ1) is 11.7. The van der Waals surface area contributed by atoms with Crippen LogP contribution in [0.25, 0.3) is 0 Å². The van der Waals surface area contributed by atoms with Crippen molar-refractivity contribution in [3.63, 3.8) is 0 Å². The first-order chi connectivity index (χ1) is 8.63. The number of amides is 1. The number of carbonyl (C=O) groups is 1. The first-order valence-corrected chi connectivity index (χ1v) is 6.66. The molecule has 0 spiro atoms. The number of nitrogens with zero attached hydrogens (tertiary/aromatic N) is 3. The molecule has 2 aliphatic rings. The maximum atomic E-state index is 12.3. The molecule has 98 valence electrons. The van der Waals surface area contributed by atoms with E-state index in [-0.39, 0.29) is 5.91 Å². The Bertz CT molecular complexity index is 456. The number of hydrogen-bond acceptors (Lipinski definition) is 3. The van der Waals surface area contributed by atoms with E-state index in [1.54, 1.807) is 12.5 Å². The van der Waals surface area contributed by atoms with Gasteiger partial charge >= 0.3 is 0 Å². The van der Waals surface area contributed by atoms with Crippen LogP contribution in [0.15, 0.2) is 12.5 Å². The molecule has 18 heavy (non-hydrogen) atoms. The summed E-state index contributed by atoms with van der Waals surface area (Å²) in [5.41, 5.74) is 6.56. The predicted octanol–water partition coefficient (Wildman–Crippen LogP) is 0.620. The Morgan fingerprint density at radius 1 is 1.39 bits per heavy atom. The highest BCUT2D eigenvalue weighted by atomic mass is 16.2. The molecular weight excluding hydrogens is 228 g/mol. The van der Waals surface area contributed by atoms with Crippen molar-refractivity contribution in [1.82, 2.24) is 14.5 Å². The molecule has 0 bridgehead atoms. The summed E-state index contributed by atoms with van der Waals surface area (Å²) in [5, 5.41) is 0. The highest BCUT2D eigenvalue weighted by Crippen LogP contribution is 2.36. The molecule has 2 N–H and O–H groups in total. The average molecular weight is 248 g/mol. The van der Waals surface area contributed by atoms with Crippen LogP contribution in [0.5, 0.6) is 0 Å². The van der Waals surface area contributed by atoms with E-state index in [0.29, 0.717) is 23.6 Å². The Morgan fingerprint density at radius 2 is 2.17 bits per heavy atom. The second-order valence-corrected chi connectivity index (χ2v) is 5.73. The number of fused-ring (bicyclic) bond motifs is 1. The summed E-state index contributed by atoms with van der Waals surface area (Å²) in [6, 6.07) is 0.330. The molecule has 1 amide bonds. The lowest BCUT2D eigenvalue weighted by Crippen LogP contribution is -2.32. The normalized spacial score (nSPS) is 31.4. The molecule has 1 aromatic rings. The zero-order valence-electron chi connectivity index (χ0n) is 10.7. The first-order valence-electron chi connectivity index (χ1n) is 6.66. The van der Waals surface area contributed by atoms with Crippen LogP contribution in [-0.2, 0) is 7.05 Å². The molecule has 1 saturated heterocycles. The molecule has 1 aliphatic heterocycles. The molecular formula is C13H20N4O. The largest absolute Gasteiger partial charge is 0.340 e. The fourth-order valence-corrected chi connectivity index (χ4v) is 3.32. The van der Waals surface area contributed by atoms with E-state index >= 15 is 0 Å². The third kappa shape index (κ3) is 2.03. The van der Waals surface area contributed by atoms with E-state index in [2.05, 4.69) is 4.98 Å². The maximum absolute atomic E-state index is 12.3. The lowest BCUT2D eigenvalue weighted by molar-refractivity contribution is 0.0778. The second kappa shape index (κ2) is 4.39. The molecule has 1 aliphatic carbocycles. The third-order valence-electron chi connectivity index (χ3n) is 4.30. The summed E-state index contributed by atoms with van der Waals surface area (Å²) in [4.78, 5) is 18.4. The molecule has 1 saturated carbocycles. The average Bonchev–Trinajstić information content (AvgIpc) is 2.93. The minimum absolute atomic E-state index is 0.0681. The number of nitrogens with two attached hydrogens (primary N) is 1. The van der Waals surface area contributed by atoms with E-state index in [0.717, 1.165) is 32.4 Å². The van der Waals surface area contributed by atoms with Crippen molar-refractivity contribution in [2.24, 2.45) is 24.6 Å². The summed E-state index contributed by atoms with van der Waals surface area (Å²) in [6.07, 6.45) is 6.80. The van der Waals surface area contributed by atoms with Gasteiger partial charge in [0.2, 0.25) is 0 Å². The van der Waals surface area contributed by atoms with E-state index < -0.39 is 0 Å². The number of likely N-dealkylation sites (tertiary alicyclic amines) is 1. The quantitative estimate of drug-likeness (QED) is 0.792. The zero-order valence-corrected chi connectivity index (χ0v) is 10.7. The second-order valence-electron chi connectivity index (χ2n) is 5.73. The van der Waals surface area contributed by atoms with Gasteiger partial charge in [0.1, 0.15) is 5.69 Å². The summed E-state index contributed by atoms with van der Waals surface area (Å²) < 4.78 is 1.81. The Morgan fingerprint density at radius 3 is 2.89 bits per heavy atom. The molecule has 1 aromatic heterocycles. The van der Waals surface area contributed by atoms with Crippen molar-refractivity contribution in [3.8, 4) is 0 Å². The van der Waals surface area contributed by atoms with Crippen molar-refractivity contribution >= 4 is 5.91 Å². The van der Waals surface area contributed by atoms with E-state index in [4.69, 9.17) is 5.73 Å². The fourth-order valence-electron chi connectivity index (χ4n) is 3.32. The van der Waals surface area contributed by atoms with Crippen LogP contribution >= 0.6 is 0 Å². The van der Waals surface area contributed by atoms with Gasteiger partial charge in [-0.3, -0.25) is 4.79 Å². The van der Waals surface area contributed by atoms with Crippen molar-refractivity contribution in [1.29, 1.82) is 0 Å². The van der Waals surface area contributed by atoms with E-state index in [1.165, 1.54) is 0 Å². The third-order valence-corrected chi connectivity index (χ3v) is 4.30. The molecule has 0 aromatic carbocycles. The van der Waals surface area contributed by atoms with Gasteiger partial charge in [0.15, 0.2) is 0 Å². The lowest BCUT2D eigenvalue weighted by Gasteiger charge is -2.27. The van der Waals surface area contributed by atoms with Gasteiger partial charge in [-0.1, -0.05) is 0 Å². The van der Waals surface area contributed by atoms with Crippen molar-refractivity contribution in [2.45, 2.75) is 25.3 Å². The molecule has 2 fully saturated rings. The molecule has 0 radical (unpaired) electrons. The number of carbonyl (C=O) groups excluding carboxylic acids is 1. The summed E-state index contributed by atoms with van der Waals surface area (Å²) in [7, 11) is 1.88. The van der Waals surface area contributed by atoms with Crippen LogP contribution in [0.3, 0.4) is 0 Å². The Labute approximate surface area is 107 Å². The van der Waals surface area contributed by atoms with Crippen LogP contribution in [0.1, 0.15) is 29.8 Å². The van der Waals surface area contributed by atoms with Gasteiger partial charge < -0.3 is 15.2 Å². The van der Waals surface area contributed by atoms with Gasteiger partial charge in [-0.15, -0.1) is 0 Å². The fraction of sp³-hybridized carbons (Fsp3) is 0.692. The molecule has 1 unspecified atom stereocenters. The molecule has 3 atom stereocenters. The number of imidazole rings is 1. The van der Waals surface area contributed by atoms with E-state index in [1.807, 2.05) is 16.5 Å². The van der Waals surface area contributed by atoms with Crippen LogP contribution in [-0.4, -0.2) is 39.5 Å². The molecule has 5 heteroatoms. The number of hydrogen-bond donors (Lipinski definition) is 1. The van der Waals surface area contributed by atoms with Gasteiger partial charge in [0.05, 0.1) is 6.33 Å². The van der Waals surface area contributed by atoms with Crippen molar-refractivity contribution in [2.75, 3.05) is 13.1 Å². The molecule has 3 rings (SSSR count). The maximum Gasteiger partial charge on any atom is 0.274 e. The van der Waals surface area contributed by atoms with Crippen LogP contribution < -0.4 is 5.73 Å². The topological polar surface area (TPSA) is 64.2 Å². The predicted molar refractivity (Wildman–Crippen MR) is 67.9 cm³/mol. The van der Waals surface area contributed by atoms with Crippen LogP contribution in [0.4, 0.5) is 0 Å². The summed E-state index contributed by atoms with van der Waals surface area (Å²) in [5.74, 6) is 1.32. The van der Waals surface area contributed by atoms with Gasteiger partial charge in [0, 0.05) is 32.4 Å². The molecule has 2 heterocycles. The SMILES string of the molecule is Cn1cnc(C(=O)N2C[C@H]3CCC(N)C[C@H]3C2)c1. The van der Waals surface area contributed by atoms with Gasteiger partial charge in [-0.05, 0) is 31.1 Å². The van der Waals surface area contributed by atoms with E-state index in [9.17, 15) is 4.79 Å². The standard InChI is InChI=1S/C13H20N4O/c1-16-7-12(15-8-16)13(18)17-5-9-2-3-11(14)4-10(9)6-17/h7-11H,2-6,14H2,1H3/t9-,10+,11?/m1/s1. The van der Waals surface area contributed by atoms with Crippen LogP contribution in [0.2, 0.25) is 0 Å². The number of aryl methyl sites for hydroxylation is 1. The van der Waals surface area contributed by atoms with Crippen molar-refractivity contribution < 1.29 is 4.79 Å². The Kier molecular flexibility index (Phi) is 2.86. The summed E-state index contributed by atoms with van der Waals surface area (Å²) >= 11 is 0. The Balaban J connectivity index is 1.70. The smallest absolute Gasteiger partial charge is 0.274 e. The van der Waals surface area contributed by atoms with Gasteiger partial charge in [-0.25, -0.2) is 4.98 Å². The monoisotopic (exact) mass is 248 g/mol. The highest BCUT2D eigenvalue weighted by molar-refractivity contribution is 5.92. The zero-order chi connectivity index (χ0) is 12.7. The minimum Gasteiger partial charge on any atom is -0.340 e. The van der Waals surface area contributed by atoms with Crippen LogP contribution in [0, 0.1) is 11.8 Å². The Hall–Kier alpha value is -1.36. The number of rotatable bonds is 1.